The normalized spacial score (nSPS) is 26.6. The average Bonchev–Trinajstić information content (AvgIpc) is 2.83. The summed E-state index contributed by atoms with van der Waals surface area (Å²) in [5, 5.41) is 3.36. The molecular formula is C32H55NO3Si. The van der Waals surface area contributed by atoms with Crippen LogP contribution in [-0.4, -0.2) is 33.5 Å². The minimum Gasteiger partial charge on any atom is -0.410 e. The number of nitrogens with one attached hydrogen (secondary N) is 1. The Labute approximate surface area is 229 Å². The van der Waals surface area contributed by atoms with E-state index >= 15 is 0 Å². The third-order valence-corrected chi connectivity index (χ3v) is 13.0. The number of ether oxygens (including phenoxy) is 1. The van der Waals surface area contributed by atoms with Gasteiger partial charge in [-0.2, -0.15) is 0 Å². The minimum absolute atomic E-state index is 0.0229. The van der Waals surface area contributed by atoms with Crippen LogP contribution in [0.2, 0.25) is 18.1 Å². The summed E-state index contributed by atoms with van der Waals surface area (Å²) in [4.78, 5) is 13.8. The van der Waals surface area contributed by atoms with Crippen molar-refractivity contribution in [3.05, 3.63) is 48.0 Å². The van der Waals surface area contributed by atoms with Gasteiger partial charge in [-0.15, -0.1) is 0 Å². The van der Waals surface area contributed by atoms with Gasteiger partial charge in [-0.3, -0.25) is 4.79 Å². The van der Waals surface area contributed by atoms with Crippen molar-refractivity contribution in [3.63, 3.8) is 0 Å². The molecule has 1 N–H and O–H groups in total. The summed E-state index contributed by atoms with van der Waals surface area (Å²) in [5.41, 5.74) is 1.15. The third kappa shape index (κ3) is 10.7. The van der Waals surface area contributed by atoms with Gasteiger partial charge < -0.3 is 14.5 Å². The number of allylic oxidation sites excluding steroid dienone is 1. The van der Waals surface area contributed by atoms with Gasteiger partial charge in [0.05, 0.1) is 25.2 Å². The van der Waals surface area contributed by atoms with Gasteiger partial charge in [0.2, 0.25) is 5.91 Å². The van der Waals surface area contributed by atoms with E-state index in [1.807, 2.05) is 18.2 Å². The van der Waals surface area contributed by atoms with Gasteiger partial charge in [-0.05, 0) is 60.7 Å². The van der Waals surface area contributed by atoms with Crippen LogP contribution in [0.5, 0.6) is 0 Å². The monoisotopic (exact) mass is 529 g/mol. The second kappa shape index (κ2) is 15.2. The zero-order chi connectivity index (χ0) is 27.5. The highest BCUT2D eigenvalue weighted by molar-refractivity contribution is 6.74. The lowest BCUT2D eigenvalue weighted by atomic mass is 9.86. The highest BCUT2D eigenvalue weighted by atomic mass is 28.4. The lowest BCUT2D eigenvalue weighted by molar-refractivity contribution is -0.130. The van der Waals surface area contributed by atoms with E-state index in [0.717, 1.165) is 24.4 Å². The summed E-state index contributed by atoms with van der Waals surface area (Å²) in [6, 6.07) is 10.2. The van der Waals surface area contributed by atoms with Crippen molar-refractivity contribution in [2.45, 2.75) is 111 Å². The molecule has 0 spiro atoms. The highest BCUT2D eigenvalue weighted by Gasteiger charge is 2.42. The topological polar surface area (TPSA) is 47.6 Å². The Morgan fingerprint density at radius 1 is 1.05 bits per heavy atom. The number of benzene rings is 1. The minimum atomic E-state index is -2.11. The van der Waals surface area contributed by atoms with E-state index in [1.165, 1.54) is 32.1 Å². The molecule has 0 aromatic heterocycles. The van der Waals surface area contributed by atoms with Crippen LogP contribution in [0.3, 0.4) is 0 Å². The molecule has 4 nitrogen and oxygen atoms in total. The largest absolute Gasteiger partial charge is 0.410 e. The Morgan fingerprint density at radius 2 is 1.73 bits per heavy atom. The number of hydrogen-bond acceptors (Lipinski definition) is 3. The molecule has 0 aliphatic carbocycles. The van der Waals surface area contributed by atoms with E-state index in [-0.39, 0.29) is 28.9 Å². The van der Waals surface area contributed by atoms with Gasteiger partial charge >= 0.3 is 0 Å². The Hall–Kier alpha value is -1.43. The summed E-state index contributed by atoms with van der Waals surface area (Å²) in [6.45, 7) is 19.9. The summed E-state index contributed by atoms with van der Waals surface area (Å²) >= 11 is 0. The summed E-state index contributed by atoms with van der Waals surface area (Å²) in [6.07, 6.45) is 11.4. The van der Waals surface area contributed by atoms with E-state index in [0.29, 0.717) is 19.1 Å². The Balaban J connectivity index is 2.30. The molecule has 0 radical (unpaired) electrons. The van der Waals surface area contributed by atoms with Gasteiger partial charge in [-0.1, -0.05) is 103 Å². The van der Waals surface area contributed by atoms with Gasteiger partial charge in [-0.25, -0.2) is 0 Å². The van der Waals surface area contributed by atoms with Crippen LogP contribution in [0.4, 0.5) is 0 Å². The predicted octanol–water partition coefficient (Wildman–Crippen LogP) is 8.14. The first kappa shape index (κ1) is 31.8. The Bertz CT molecular complexity index is 817. The fourth-order valence-electron chi connectivity index (χ4n) is 4.92. The molecule has 0 saturated carbocycles. The molecule has 2 rings (SSSR count). The van der Waals surface area contributed by atoms with Gasteiger partial charge in [0, 0.05) is 6.54 Å². The number of hydrogen-bond donors (Lipinski definition) is 1. The molecule has 1 amide bonds. The first-order valence-corrected chi connectivity index (χ1v) is 17.6. The van der Waals surface area contributed by atoms with E-state index in [4.69, 9.17) is 9.16 Å². The molecule has 0 bridgehead atoms. The summed E-state index contributed by atoms with van der Waals surface area (Å²) in [7, 11) is -2.11. The maximum atomic E-state index is 13.8. The van der Waals surface area contributed by atoms with Gasteiger partial charge in [0.25, 0.3) is 0 Å². The highest BCUT2D eigenvalue weighted by Crippen LogP contribution is 2.39. The maximum absolute atomic E-state index is 13.8. The molecule has 1 aliphatic heterocycles. The SMILES string of the molecule is CC[C@@H]1CCCNC(=O)[C@H]([C@@H](C)COCc2ccccc2)[C@@H](O[Si](C)(C)C(C)(C)C)/C=C/[C@H](C)CCC1. The molecule has 0 unspecified atom stereocenters. The third-order valence-electron chi connectivity index (χ3n) is 8.57. The molecule has 0 fully saturated rings. The van der Waals surface area contributed by atoms with Crippen LogP contribution >= 0.6 is 0 Å². The smallest absolute Gasteiger partial charge is 0.226 e. The van der Waals surface area contributed by atoms with E-state index in [1.54, 1.807) is 0 Å². The van der Waals surface area contributed by atoms with Crippen LogP contribution < -0.4 is 5.32 Å². The van der Waals surface area contributed by atoms with Crippen molar-refractivity contribution in [2.24, 2.45) is 23.7 Å². The number of carbonyl (C=O) groups excluding carboxylic acids is 1. The molecule has 1 aromatic carbocycles. The van der Waals surface area contributed by atoms with Crippen molar-refractivity contribution in [1.29, 1.82) is 0 Å². The van der Waals surface area contributed by atoms with Crippen LogP contribution in [0.25, 0.3) is 0 Å². The first-order chi connectivity index (χ1) is 17.4. The number of rotatable bonds is 8. The molecule has 1 aliphatic rings. The fraction of sp³-hybridized carbons (Fsp3) is 0.719. The maximum Gasteiger partial charge on any atom is 0.226 e. The second-order valence-corrected chi connectivity index (χ2v) is 17.6. The molecule has 5 atom stereocenters. The van der Waals surface area contributed by atoms with Crippen molar-refractivity contribution in [1.82, 2.24) is 5.32 Å². The molecule has 1 aromatic rings. The van der Waals surface area contributed by atoms with Crippen LogP contribution in [0, 0.1) is 23.7 Å². The number of amides is 1. The molecule has 0 saturated heterocycles. The first-order valence-electron chi connectivity index (χ1n) is 14.7. The van der Waals surface area contributed by atoms with Crippen LogP contribution in [0.15, 0.2) is 42.5 Å². The predicted molar refractivity (Wildman–Crippen MR) is 159 cm³/mol. The standard InChI is InChI=1S/C32H55NO3Si/c1-9-27-18-13-15-25(2)20-21-29(36-37(7,8)32(4,5)6)30(31(34)33-22-14-19-27)26(3)23-35-24-28-16-11-10-12-17-28/h10-12,16-17,20-21,25-27,29-30H,9,13-15,18-19,22-24H2,1-8H3,(H,33,34)/b21-20+/t25-,26+,27+,29+,30-/m1/s1. The zero-order valence-corrected chi connectivity index (χ0v) is 26.0. The number of carbonyl (C=O) groups is 1. The van der Waals surface area contributed by atoms with Gasteiger partial charge in [0.1, 0.15) is 0 Å². The van der Waals surface area contributed by atoms with Crippen LogP contribution in [0.1, 0.15) is 85.6 Å². The molecule has 5 heteroatoms. The lowest BCUT2D eigenvalue weighted by Gasteiger charge is -2.41. The summed E-state index contributed by atoms with van der Waals surface area (Å²) in [5.74, 6) is 1.06. The van der Waals surface area contributed by atoms with Crippen LogP contribution in [-0.2, 0) is 20.6 Å². The van der Waals surface area contributed by atoms with E-state index in [2.05, 4.69) is 84.2 Å². The molecule has 210 valence electrons. The fourth-order valence-corrected chi connectivity index (χ4v) is 6.18. The van der Waals surface area contributed by atoms with Crippen molar-refractivity contribution in [3.8, 4) is 0 Å². The lowest BCUT2D eigenvalue weighted by Crippen LogP contribution is -2.50. The summed E-state index contributed by atoms with van der Waals surface area (Å²) < 4.78 is 13.1. The van der Waals surface area contributed by atoms with Crippen molar-refractivity contribution >= 4 is 14.2 Å². The van der Waals surface area contributed by atoms with Crippen molar-refractivity contribution < 1.29 is 14.0 Å². The quantitative estimate of drug-likeness (QED) is 0.273. The zero-order valence-electron chi connectivity index (χ0n) is 25.0. The van der Waals surface area contributed by atoms with E-state index < -0.39 is 8.32 Å². The Morgan fingerprint density at radius 3 is 2.38 bits per heavy atom. The second-order valence-electron chi connectivity index (χ2n) is 12.8. The van der Waals surface area contributed by atoms with E-state index in [9.17, 15) is 4.79 Å². The molecule has 1 heterocycles. The molecular weight excluding hydrogens is 474 g/mol. The van der Waals surface area contributed by atoms with Gasteiger partial charge in [0.15, 0.2) is 8.32 Å². The average molecular weight is 530 g/mol. The Kier molecular flexibility index (Phi) is 13.1. The molecule has 37 heavy (non-hydrogen) atoms. The van der Waals surface area contributed by atoms with Crippen molar-refractivity contribution in [2.75, 3.05) is 13.2 Å².